The number of nitrogens with zero attached hydrogens (tertiary/aromatic N) is 1. The zero-order valence-corrected chi connectivity index (χ0v) is 16.8. The Hall–Kier alpha value is -1.75. The van der Waals surface area contributed by atoms with Crippen molar-refractivity contribution in [3.05, 3.63) is 29.8 Å². The van der Waals surface area contributed by atoms with Gasteiger partial charge in [-0.1, -0.05) is 31.0 Å². The van der Waals surface area contributed by atoms with E-state index >= 15 is 0 Å². The molecule has 0 spiro atoms. The number of unbranched alkanes of at least 4 members (excludes halogenated alkanes) is 1. The molecule has 0 saturated carbocycles. The SMILES string of the molecule is CCCC(CCO)CN=C(NCC)NCCCCOc1ccc(C)cc1. The normalized spacial score (nSPS) is 12.7. The van der Waals surface area contributed by atoms with Crippen molar-refractivity contribution in [1.82, 2.24) is 10.6 Å². The van der Waals surface area contributed by atoms with Crippen molar-refractivity contribution in [1.29, 1.82) is 0 Å². The summed E-state index contributed by atoms with van der Waals surface area (Å²) in [6.07, 6.45) is 5.10. The average molecular weight is 364 g/mol. The van der Waals surface area contributed by atoms with Crippen molar-refractivity contribution in [2.45, 2.75) is 52.9 Å². The first-order chi connectivity index (χ1) is 12.7. The number of guanidine groups is 1. The van der Waals surface area contributed by atoms with Gasteiger partial charge in [0.25, 0.3) is 0 Å². The molecule has 148 valence electrons. The van der Waals surface area contributed by atoms with Gasteiger partial charge in [0.1, 0.15) is 5.75 Å². The first-order valence-electron chi connectivity index (χ1n) is 10.0. The van der Waals surface area contributed by atoms with E-state index in [1.807, 2.05) is 12.1 Å². The smallest absolute Gasteiger partial charge is 0.191 e. The number of hydrogen-bond acceptors (Lipinski definition) is 3. The third-order valence-electron chi connectivity index (χ3n) is 4.24. The summed E-state index contributed by atoms with van der Waals surface area (Å²) in [6.45, 7) is 9.79. The highest BCUT2D eigenvalue weighted by Gasteiger charge is 2.07. The van der Waals surface area contributed by atoms with Gasteiger partial charge in [0, 0.05) is 26.2 Å². The van der Waals surface area contributed by atoms with Crippen LogP contribution in [0.3, 0.4) is 0 Å². The Morgan fingerprint density at radius 1 is 1.12 bits per heavy atom. The van der Waals surface area contributed by atoms with Gasteiger partial charge in [0.15, 0.2) is 5.96 Å². The van der Waals surface area contributed by atoms with Gasteiger partial charge in [0.05, 0.1) is 6.61 Å². The molecule has 5 nitrogen and oxygen atoms in total. The molecule has 0 aliphatic rings. The second-order valence-corrected chi connectivity index (χ2v) is 6.68. The average Bonchev–Trinajstić information content (AvgIpc) is 2.64. The van der Waals surface area contributed by atoms with Crippen LogP contribution in [0.4, 0.5) is 0 Å². The van der Waals surface area contributed by atoms with Gasteiger partial charge in [-0.3, -0.25) is 4.99 Å². The molecule has 1 rings (SSSR count). The summed E-state index contributed by atoms with van der Waals surface area (Å²) in [6, 6.07) is 8.17. The van der Waals surface area contributed by atoms with Gasteiger partial charge in [0.2, 0.25) is 0 Å². The maximum atomic E-state index is 9.16. The summed E-state index contributed by atoms with van der Waals surface area (Å²) in [5.74, 6) is 2.26. The van der Waals surface area contributed by atoms with Crippen LogP contribution < -0.4 is 15.4 Å². The lowest BCUT2D eigenvalue weighted by atomic mass is 10.0. The van der Waals surface area contributed by atoms with Gasteiger partial charge in [-0.05, 0) is 57.6 Å². The molecule has 0 fully saturated rings. The number of hydrogen-bond donors (Lipinski definition) is 3. The monoisotopic (exact) mass is 363 g/mol. The fraction of sp³-hybridized carbons (Fsp3) is 0.667. The summed E-state index contributed by atoms with van der Waals surface area (Å²) in [5, 5.41) is 15.8. The third-order valence-corrected chi connectivity index (χ3v) is 4.24. The van der Waals surface area contributed by atoms with E-state index in [1.165, 1.54) is 5.56 Å². The summed E-state index contributed by atoms with van der Waals surface area (Å²) in [4.78, 5) is 4.68. The predicted molar refractivity (Wildman–Crippen MR) is 110 cm³/mol. The molecule has 1 aromatic rings. The number of nitrogens with one attached hydrogen (secondary N) is 2. The lowest BCUT2D eigenvalue weighted by molar-refractivity contribution is 0.253. The van der Waals surface area contributed by atoms with Gasteiger partial charge in [-0.2, -0.15) is 0 Å². The van der Waals surface area contributed by atoms with Gasteiger partial charge in [-0.25, -0.2) is 0 Å². The number of benzene rings is 1. The molecule has 1 aromatic carbocycles. The highest BCUT2D eigenvalue weighted by Crippen LogP contribution is 2.12. The maximum absolute atomic E-state index is 9.16. The zero-order valence-electron chi connectivity index (χ0n) is 16.8. The Bertz CT molecular complexity index is 483. The van der Waals surface area contributed by atoms with Crippen LogP contribution >= 0.6 is 0 Å². The molecular weight excluding hydrogens is 326 g/mol. The Morgan fingerprint density at radius 2 is 1.88 bits per heavy atom. The molecule has 0 heterocycles. The van der Waals surface area contributed by atoms with Crippen molar-refractivity contribution < 1.29 is 9.84 Å². The summed E-state index contributed by atoms with van der Waals surface area (Å²) < 4.78 is 5.75. The number of aliphatic hydroxyl groups excluding tert-OH is 1. The summed E-state index contributed by atoms with van der Waals surface area (Å²) in [7, 11) is 0. The Kier molecular flexibility index (Phi) is 12.4. The van der Waals surface area contributed by atoms with Gasteiger partial charge < -0.3 is 20.5 Å². The van der Waals surface area contributed by atoms with Crippen molar-refractivity contribution in [2.24, 2.45) is 10.9 Å². The summed E-state index contributed by atoms with van der Waals surface area (Å²) in [5.41, 5.74) is 1.25. The lowest BCUT2D eigenvalue weighted by Gasteiger charge is -2.15. The molecule has 5 heteroatoms. The topological polar surface area (TPSA) is 65.9 Å². The number of ether oxygens (including phenoxy) is 1. The van der Waals surface area contributed by atoms with Crippen molar-refractivity contribution in [3.8, 4) is 5.75 Å². The van der Waals surface area contributed by atoms with E-state index in [2.05, 4.69) is 48.5 Å². The van der Waals surface area contributed by atoms with Crippen molar-refractivity contribution in [3.63, 3.8) is 0 Å². The van der Waals surface area contributed by atoms with Gasteiger partial charge >= 0.3 is 0 Å². The third kappa shape index (κ3) is 10.3. The molecule has 0 saturated heterocycles. The molecule has 1 unspecified atom stereocenters. The van der Waals surface area contributed by atoms with Crippen LogP contribution in [0.1, 0.15) is 51.5 Å². The number of aryl methyl sites for hydroxylation is 1. The number of aliphatic imine (C=N–C) groups is 1. The second kappa shape index (κ2) is 14.4. The maximum Gasteiger partial charge on any atom is 0.191 e. The molecule has 1 atom stereocenters. The van der Waals surface area contributed by atoms with E-state index in [-0.39, 0.29) is 6.61 Å². The van der Waals surface area contributed by atoms with Crippen LogP contribution in [0.25, 0.3) is 0 Å². The molecule has 0 aromatic heterocycles. The van der Waals surface area contributed by atoms with Crippen LogP contribution in [0, 0.1) is 12.8 Å². The number of rotatable bonds is 13. The lowest BCUT2D eigenvalue weighted by Crippen LogP contribution is -2.38. The summed E-state index contributed by atoms with van der Waals surface area (Å²) >= 11 is 0. The van der Waals surface area contributed by atoms with Crippen molar-refractivity contribution >= 4 is 5.96 Å². The van der Waals surface area contributed by atoms with E-state index in [4.69, 9.17) is 9.84 Å². The molecule has 0 bridgehead atoms. The standard InChI is InChI=1S/C21H37N3O2/c1-4-8-19(13-15-25)17-24-21(22-5-2)23-14-6-7-16-26-20-11-9-18(3)10-12-20/h9-12,19,25H,4-8,13-17H2,1-3H3,(H2,22,23,24). The molecular formula is C21H37N3O2. The molecule has 0 radical (unpaired) electrons. The van der Waals surface area contributed by atoms with Crippen molar-refractivity contribution in [2.75, 3.05) is 32.8 Å². The molecule has 0 amide bonds. The second-order valence-electron chi connectivity index (χ2n) is 6.68. The fourth-order valence-electron chi connectivity index (χ4n) is 2.74. The van der Waals surface area contributed by atoms with Crippen LogP contribution in [-0.4, -0.2) is 43.9 Å². The van der Waals surface area contributed by atoms with Crippen LogP contribution in [0.15, 0.2) is 29.3 Å². The number of aliphatic hydroxyl groups is 1. The highest BCUT2D eigenvalue weighted by atomic mass is 16.5. The minimum atomic E-state index is 0.241. The van der Waals surface area contributed by atoms with E-state index < -0.39 is 0 Å². The molecule has 26 heavy (non-hydrogen) atoms. The fourth-order valence-corrected chi connectivity index (χ4v) is 2.74. The van der Waals surface area contributed by atoms with E-state index in [0.717, 1.165) is 70.1 Å². The Labute approximate surface area is 159 Å². The zero-order chi connectivity index (χ0) is 19.0. The van der Waals surface area contributed by atoms with Gasteiger partial charge in [-0.15, -0.1) is 0 Å². The molecule has 0 aliphatic carbocycles. The first kappa shape index (κ1) is 22.3. The van der Waals surface area contributed by atoms with Crippen LogP contribution in [-0.2, 0) is 0 Å². The minimum absolute atomic E-state index is 0.241. The van der Waals surface area contributed by atoms with E-state index in [1.54, 1.807) is 0 Å². The largest absolute Gasteiger partial charge is 0.494 e. The first-order valence-corrected chi connectivity index (χ1v) is 10.0. The predicted octanol–water partition coefficient (Wildman–Crippen LogP) is 3.51. The Morgan fingerprint density at radius 3 is 2.54 bits per heavy atom. The highest BCUT2D eigenvalue weighted by molar-refractivity contribution is 5.79. The minimum Gasteiger partial charge on any atom is -0.494 e. The Balaban J connectivity index is 2.25. The molecule has 3 N–H and O–H groups in total. The van der Waals surface area contributed by atoms with Crippen LogP contribution in [0.5, 0.6) is 5.75 Å². The van der Waals surface area contributed by atoms with Crippen LogP contribution in [0.2, 0.25) is 0 Å². The quantitative estimate of drug-likeness (QED) is 0.285. The van der Waals surface area contributed by atoms with E-state index in [0.29, 0.717) is 5.92 Å². The van der Waals surface area contributed by atoms with E-state index in [9.17, 15) is 0 Å². The molecule has 0 aliphatic heterocycles.